The van der Waals surface area contributed by atoms with E-state index in [0.29, 0.717) is 12.6 Å². The number of amides is 1. The number of benzene rings is 1. The number of carbonyl (C=O) groups excluding carboxylic acids is 1. The van der Waals surface area contributed by atoms with E-state index in [1.807, 2.05) is 11.0 Å². The normalized spacial score (nSPS) is 23.4. The average molecular weight is 273 g/mol. The number of hydrogen-bond acceptors (Lipinski definition) is 3. The molecule has 0 aliphatic carbocycles. The number of nitrogens with zero attached hydrogens (tertiary/aromatic N) is 2. The van der Waals surface area contributed by atoms with Gasteiger partial charge in [0.05, 0.1) is 6.54 Å². The number of piperazine rings is 1. The third-order valence-electron chi connectivity index (χ3n) is 4.39. The summed E-state index contributed by atoms with van der Waals surface area (Å²) in [4.78, 5) is 16.9. The molecule has 4 nitrogen and oxygen atoms in total. The highest BCUT2D eigenvalue weighted by Crippen LogP contribution is 2.26. The highest BCUT2D eigenvalue weighted by Gasteiger charge is 2.26. The summed E-state index contributed by atoms with van der Waals surface area (Å²) in [5.41, 5.74) is 2.42. The van der Waals surface area contributed by atoms with Crippen LogP contribution in [0.1, 0.15) is 18.9 Å². The Kier molecular flexibility index (Phi) is 4.03. The predicted molar refractivity (Wildman–Crippen MR) is 81.0 cm³/mol. The van der Waals surface area contributed by atoms with Gasteiger partial charge in [0.2, 0.25) is 5.91 Å². The lowest BCUT2D eigenvalue weighted by atomic mass is 10.0. The molecular weight excluding hydrogens is 250 g/mol. The van der Waals surface area contributed by atoms with Crippen LogP contribution in [0.4, 0.5) is 5.69 Å². The maximum Gasteiger partial charge on any atom is 0.241 e. The molecule has 20 heavy (non-hydrogen) atoms. The molecule has 3 rings (SSSR count). The smallest absolute Gasteiger partial charge is 0.241 e. The summed E-state index contributed by atoms with van der Waals surface area (Å²) in [5.74, 6) is 0.242. The third-order valence-corrected chi connectivity index (χ3v) is 4.39. The van der Waals surface area contributed by atoms with Gasteiger partial charge in [0.1, 0.15) is 0 Å². The van der Waals surface area contributed by atoms with Gasteiger partial charge in [-0.05, 0) is 31.4 Å². The molecule has 2 aliphatic rings. The Morgan fingerprint density at radius 2 is 2.20 bits per heavy atom. The number of rotatable bonds is 2. The molecule has 1 fully saturated rings. The second kappa shape index (κ2) is 5.94. The highest BCUT2D eigenvalue weighted by molar-refractivity contribution is 5.96. The van der Waals surface area contributed by atoms with E-state index >= 15 is 0 Å². The van der Waals surface area contributed by atoms with Crippen LogP contribution in [0.2, 0.25) is 0 Å². The van der Waals surface area contributed by atoms with Gasteiger partial charge in [0.15, 0.2) is 0 Å². The molecule has 2 aliphatic heterocycles. The number of para-hydroxylation sites is 1. The zero-order chi connectivity index (χ0) is 13.9. The Hall–Kier alpha value is -1.39. The van der Waals surface area contributed by atoms with Crippen LogP contribution in [0.5, 0.6) is 0 Å². The maximum atomic E-state index is 12.6. The van der Waals surface area contributed by atoms with Gasteiger partial charge < -0.3 is 10.2 Å². The summed E-state index contributed by atoms with van der Waals surface area (Å²) < 4.78 is 0. The Bertz CT molecular complexity index is 488. The van der Waals surface area contributed by atoms with Crippen LogP contribution in [0.15, 0.2) is 24.3 Å². The molecule has 1 aromatic carbocycles. The fraction of sp³-hybridized carbons (Fsp3) is 0.562. The Balaban J connectivity index is 1.72. The number of anilines is 1. The van der Waals surface area contributed by atoms with Crippen LogP contribution in [-0.4, -0.2) is 49.6 Å². The highest BCUT2D eigenvalue weighted by atomic mass is 16.2. The Labute approximate surface area is 120 Å². The van der Waals surface area contributed by atoms with Crippen LogP contribution in [-0.2, 0) is 11.2 Å². The molecule has 4 heteroatoms. The minimum Gasteiger partial charge on any atom is -0.314 e. The van der Waals surface area contributed by atoms with Crippen molar-refractivity contribution in [2.75, 3.05) is 37.6 Å². The number of nitrogens with one attached hydrogen (secondary N) is 1. The molecule has 0 spiro atoms. The van der Waals surface area contributed by atoms with Gasteiger partial charge in [-0.25, -0.2) is 0 Å². The van der Waals surface area contributed by atoms with Crippen molar-refractivity contribution >= 4 is 11.6 Å². The molecule has 2 heterocycles. The van der Waals surface area contributed by atoms with Crippen LogP contribution >= 0.6 is 0 Å². The molecule has 108 valence electrons. The summed E-state index contributed by atoms with van der Waals surface area (Å²) >= 11 is 0. The topological polar surface area (TPSA) is 35.6 Å². The molecule has 1 amide bonds. The van der Waals surface area contributed by atoms with Gasteiger partial charge in [0.25, 0.3) is 0 Å². The van der Waals surface area contributed by atoms with E-state index in [9.17, 15) is 4.79 Å². The Morgan fingerprint density at radius 3 is 3.05 bits per heavy atom. The van der Waals surface area contributed by atoms with Crippen molar-refractivity contribution in [3.8, 4) is 0 Å². The SMILES string of the molecule is C[C@@H]1CNCCN1CC(=O)N1CCCc2ccccc21. The quantitative estimate of drug-likeness (QED) is 0.881. The van der Waals surface area contributed by atoms with E-state index in [1.54, 1.807) is 0 Å². The van der Waals surface area contributed by atoms with Crippen molar-refractivity contribution in [3.05, 3.63) is 29.8 Å². The van der Waals surface area contributed by atoms with Gasteiger partial charge in [-0.15, -0.1) is 0 Å². The van der Waals surface area contributed by atoms with E-state index in [4.69, 9.17) is 0 Å². The first kappa shape index (κ1) is 13.6. The predicted octanol–water partition coefficient (Wildman–Crippen LogP) is 1.26. The largest absolute Gasteiger partial charge is 0.314 e. The standard InChI is InChI=1S/C16H23N3O/c1-13-11-17-8-10-18(13)12-16(20)19-9-4-6-14-5-2-3-7-15(14)19/h2-3,5,7,13,17H,4,6,8-12H2,1H3/t13-/m1/s1. The number of carbonyl (C=O) groups is 1. The molecule has 1 aromatic rings. The van der Waals surface area contributed by atoms with Crippen molar-refractivity contribution in [1.29, 1.82) is 0 Å². The first-order valence-electron chi connectivity index (χ1n) is 7.59. The average Bonchev–Trinajstić information content (AvgIpc) is 2.49. The lowest BCUT2D eigenvalue weighted by molar-refractivity contribution is -0.120. The lowest BCUT2D eigenvalue weighted by Crippen LogP contribution is -2.53. The van der Waals surface area contributed by atoms with Crippen LogP contribution in [0.3, 0.4) is 0 Å². The van der Waals surface area contributed by atoms with Crippen LogP contribution in [0, 0.1) is 0 Å². The fourth-order valence-corrected chi connectivity index (χ4v) is 3.17. The van der Waals surface area contributed by atoms with Crippen molar-refractivity contribution in [2.45, 2.75) is 25.8 Å². The zero-order valence-electron chi connectivity index (χ0n) is 12.1. The lowest BCUT2D eigenvalue weighted by Gasteiger charge is -2.36. The second-order valence-electron chi connectivity index (χ2n) is 5.80. The van der Waals surface area contributed by atoms with E-state index in [2.05, 4.69) is 35.3 Å². The van der Waals surface area contributed by atoms with Crippen LogP contribution < -0.4 is 10.2 Å². The molecule has 0 bridgehead atoms. The Morgan fingerprint density at radius 1 is 1.35 bits per heavy atom. The van der Waals surface area contributed by atoms with Gasteiger partial charge >= 0.3 is 0 Å². The third kappa shape index (κ3) is 2.72. The number of hydrogen-bond donors (Lipinski definition) is 1. The number of aryl methyl sites for hydroxylation is 1. The van der Waals surface area contributed by atoms with Crippen LogP contribution in [0.25, 0.3) is 0 Å². The second-order valence-corrected chi connectivity index (χ2v) is 5.80. The molecule has 0 unspecified atom stereocenters. The minimum absolute atomic E-state index is 0.242. The summed E-state index contributed by atoms with van der Waals surface area (Å²) in [6.07, 6.45) is 2.16. The molecule has 0 aromatic heterocycles. The van der Waals surface area contributed by atoms with E-state index in [0.717, 1.165) is 44.7 Å². The van der Waals surface area contributed by atoms with Gasteiger partial charge in [-0.3, -0.25) is 9.69 Å². The molecule has 1 atom stereocenters. The van der Waals surface area contributed by atoms with Crippen molar-refractivity contribution in [2.24, 2.45) is 0 Å². The molecular formula is C16H23N3O. The first-order chi connectivity index (χ1) is 9.75. The monoisotopic (exact) mass is 273 g/mol. The van der Waals surface area contributed by atoms with Crippen molar-refractivity contribution < 1.29 is 4.79 Å². The molecule has 0 radical (unpaired) electrons. The van der Waals surface area contributed by atoms with E-state index < -0.39 is 0 Å². The summed E-state index contributed by atoms with van der Waals surface area (Å²) in [5, 5.41) is 3.37. The zero-order valence-corrected chi connectivity index (χ0v) is 12.1. The molecule has 0 saturated carbocycles. The van der Waals surface area contributed by atoms with Gasteiger partial charge in [-0.2, -0.15) is 0 Å². The summed E-state index contributed by atoms with van der Waals surface area (Å²) in [6.45, 7) is 6.50. The van der Waals surface area contributed by atoms with E-state index in [-0.39, 0.29) is 5.91 Å². The fourth-order valence-electron chi connectivity index (χ4n) is 3.17. The van der Waals surface area contributed by atoms with Gasteiger partial charge in [0, 0.05) is 37.9 Å². The number of fused-ring (bicyclic) bond motifs is 1. The summed E-state index contributed by atoms with van der Waals surface area (Å²) in [6, 6.07) is 8.74. The van der Waals surface area contributed by atoms with Gasteiger partial charge in [-0.1, -0.05) is 18.2 Å². The van der Waals surface area contributed by atoms with E-state index in [1.165, 1.54) is 5.56 Å². The van der Waals surface area contributed by atoms with Crippen molar-refractivity contribution in [3.63, 3.8) is 0 Å². The first-order valence-corrected chi connectivity index (χ1v) is 7.59. The maximum absolute atomic E-state index is 12.6. The minimum atomic E-state index is 0.242. The molecule has 1 N–H and O–H groups in total. The molecule has 1 saturated heterocycles. The van der Waals surface area contributed by atoms with Crippen molar-refractivity contribution in [1.82, 2.24) is 10.2 Å². The summed E-state index contributed by atoms with van der Waals surface area (Å²) in [7, 11) is 0.